The van der Waals surface area contributed by atoms with Gasteiger partial charge in [-0.1, -0.05) is 108 Å². The predicted molar refractivity (Wildman–Crippen MR) is 265 cm³/mol. The first kappa shape index (κ1) is 50.7. The molecule has 6 rings (SSSR count). The van der Waals surface area contributed by atoms with E-state index in [0.717, 1.165) is 54.9 Å². The summed E-state index contributed by atoms with van der Waals surface area (Å²) in [5.41, 5.74) is 6.30. The van der Waals surface area contributed by atoms with Crippen molar-refractivity contribution in [1.29, 1.82) is 0 Å². The molecule has 336 valence electrons. The van der Waals surface area contributed by atoms with E-state index in [1.807, 2.05) is 192 Å². The SMILES string of the molecule is Cc1cc(C)c([Si](O)(O)c2ccc3ccccc3c2C(=O)N(C(C)C)C(C)C)c(C)c1.Cc1cc(C)c([Si](O)(O)c2ccc3ccccc3c2C(=O)N(C(C)C)C(C)C)c(C)c1.O. The summed E-state index contributed by atoms with van der Waals surface area (Å²) in [6.07, 6.45) is 0. The molecule has 9 nitrogen and oxygen atoms in total. The molecule has 6 N–H and O–H groups in total. The Balaban J connectivity index is 0.000000272. The van der Waals surface area contributed by atoms with Crippen LogP contribution in [0.25, 0.3) is 21.5 Å². The molecule has 0 aliphatic heterocycles. The normalized spacial score (nSPS) is 11.9. The fraction of sp³-hybridized carbons (Fsp3) is 0.346. The van der Waals surface area contributed by atoms with E-state index in [1.165, 1.54) is 0 Å². The lowest BCUT2D eigenvalue weighted by Crippen LogP contribution is -2.63. The minimum atomic E-state index is -4.16. The molecule has 63 heavy (non-hydrogen) atoms. The van der Waals surface area contributed by atoms with E-state index in [0.29, 0.717) is 31.9 Å². The van der Waals surface area contributed by atoms with Crippen LogP contribution in [0.2, 0.25) is 0 Å². The standard InChI is InChI=1S/2C26H33NO3Si.H2O/c2*1-16(2)27(17(3)4)26(28)24-22-11-9-8-10-21(22)12-13-23(24)31(29,30)25-19(6)14-18(5)15-20(25)7;/h2*8-17,29-30H,1-7H3;1H2. The third kappa shape index (κ3) is 10.1. The molecule has 6 aromatic rings. The molecule has 11 heteroatoms. The van der Waals surface area contributed by atoms with Crippen molar-refractivity contribution in [2.24, 2.45) is 0 Å². The summed E-state index contributed by atoms with van der Waals surface area (Å²) in [6, 6.07) is 30.3. The van der Waals surface area contributed by atoms with E-state index in [1.54, 1.807) is 12.1 Å². The number of carbonyl (C=O) groups excluding carboxylic acids is 2. The third-order valence-electron chi connectivity index (χ3n) is 11.8. The second-order valence-electron chi connectivity index (χ2n) is 18.1. The van der Waals surface area contributed by atoms with E-state index in [9.17, 15) is 28.8 Å². The number of benzene rings is 6. The van der Waals surface area contributed by atoms with Gasteiger partial charge in [-0.25, -0.2) is 0 Å². The lowest BCUT2D eigenvalue weighted by atomic mass is 10.0. The summed E-state index contributed by atoms with van der Waals surface area (Å²) in [7, 11) is -8.31. The third-order valence-corrected chi connectivity index (χ3v) is 17.1. The Morgan fingerprint density at radius 2 is 0.714 bits per heavy atom. The van der Waals surface area contributed by atoms with Crippen molar-refractivity contribution in [1.82, 2.24) is 9.80 Å². The largest absolute Gasteiger partial charge is 0.412 e. The van der Waals surface area contributed by atoms with E-state index < -0.39 is 17.1 Å². The second-order valence-corrected chi connectivity index (χ2v) is 22.9. The van der Waals surface area contributed by atoms with Crippen molar-refractivity contribution in [2.75, 3.05) is 0 Å². The lowest BCUT2D eigenvalue weighted by molar-refractivity contribution is 0.0637. The highest BCUT2D eigenvalue weighted by Crippen LogP contribution is 2.26. The number of carbonyl (C=O) groups is 2. The van der Waals surface area contributed by atoms with Crippen LogP contribution in [0.4, 0.5) is 0 Å². The Morgan fingerprint density at radius 1 is 0.444 bits per heavy atom. The van der Waals surface area contributed by atoms with Crippen LogP contribution in [0.3, 0.4) is 0 Å². The number of nitrogens with zero attached hydrogens (tertiary/aromatic N) is 2. The summed E-state index contributed by atoms with van der Waals surface area (Å²) < 4.78 is 0. The van der Waals surface area contributed by atoms with Crippen molar-refractivity contribution in [3.63, 3.8) is 0 Å². The van der Waals surface area contributed by atoms with Gasteiger partial charge < -0.3 is 34.5 Å². The molecular weight excluding hydrogens is 821 g/mol. The van der Waals surface area contributed by atoms with Crippen LogP contribution >= 0.6 is 0 Å². The van der Waals surface area contributed by atoms with Crippen LogP contribution in [-0.2, 0) is 0 Å². The highest BCUT2D eigenvalue weighted by atomic mass is 28.4. The molecule has 6 aromatic carbocycles. The van der Waals surface area contributed by atoms with Gasteiger partial charge in [-0.3, -0.25) is 9.59 Å². The number of fused-ring (bicyclic) bond motifs is 2. The van der Waals surface area contributed by atoms with Gasteiger partial charge in [0, 0.05) is 44.9 Å². The molecule has 0 aliphatic carbocycles. The molecule has 0 atom stereocenters. The van der Waals surface area contributed by atoms with Crippen molar-refractivity contribution >= 4 is 71.2 Å². The molecule has 0 aromatic heterocycles. The molecule has 0 radical (unpaired) electrons. The van der Waals surface area contributed by atoms with Gasteiger partial charge in [-0.2, -0.15) is 0 Å². The number of hydrogen-bond acceptors (Lipinski definition) is 6. The van der Waals surface area contributed by atoms with Crippen LogP contribution in [0.1, 0.15) is 109 Å². The molecule has 0 bridgehead atoms. The lowest BCUT2D eigenvalue weighted by Gasteiger charge is -2.33. The maximum atomic E-state index is 13.9. The van der Waals surface area contributed by atoms with Gasteiger partial charge in [0.25, 0.3) is 11.8 Å². The van der Waals surface area contributed by atoms with Crippen LogP contribution < -0.4 is 20.7 Å². The van der Waals surface area contributed by atoms with Crippen molar-refractivity contribution in [2.45, 2.75) is 121 Å². The van der Waals surface area contributed by atoms with E-state index >= 15 is 0 Å². The summed E-state index contributed by atoms with van der Waals surface area (Å²) in [5.74, 6) is -0.335. The Morgan fingerprint density at radius 3 is 0.984 bits per heavy atom. The Kier molecular flexibility index (Phi) is 15.9. The first-order chi connectivity index (χ1) is 28.9. The predicted octanol–water partition coefficient (Wildman–Crippen LogP) is 6.31. The van der Waals surface area contributed by atoms with E-state index in [2.05, 4.69) is 0 Å². The molecule has 0 spiro atoms. The molecule has 2 amide bonds. The number of hydrogen-bond donors (Lipinski definition) is 4. The molecule has 0 aliphatic rings. The number of amides is 2. The van der Waals surface area contributed by atoms with Crippen LogP contribution in [-0.4, -0.2) is 87.6 Å². The molecule has 0 fully saturated rings. The van der Waals surface area contributed by atoms with Crippen molar-refractivity contribution in [3.8, 4) is 0 Å². The maximum absolute atomic E-state index is 13.9. The average Bonchev–Trinajstić information content (AvgIpc) is 3.15. The fourth-order valence-corrected chi connectivity index (χ4v) is 14.5. The topological polar surface area (TPSA) is 153 Å². The summed E-state index contributed by atoms with van der Waals surface area (Å²) in [4.78, 5) is 78.1. The summed E-state index contributed by atoms with van der Waals surface area (Å²) in [6.45, 7) is 27.5. The van der Waals surface area contributed by atoms with Gasteiger partial charge in [0.05, 0.1) is 11.1 Å². The monoisotopic (exact) mass is 888 g/mol. The Bertz CT molecular complexity index is 2390. The summed E-state index contributed by atoms with van der Waals surface area (Å²) in [5, 5.41) is 5.12. The zero-order chi connectivity index (χ0) is 46.2. The highest BCUT2D eigenvalue weighted by Gasteiger charge is 2.44. The highest BCUT2D eigenvalue weighted by molar-refractivity contribution is 6.92. The van der Waals surface area contributed by atoms with Gasteiger partial charge in [0.2, 0.25) is 0 Å². The number of rotatable bonds is 10. The zero-order valence-corrected chi connectivity index (χ0v) is 41.5. The van der Waals surface area contributed by atoms with Crippen molar-refractivity contribution < 1.29 is 34.2 Å². The molecular formula is C52H68N2O7Si2. The Hall–Kier alpha value is -4.99. The average molecular weight is 889 g/mol. The van der Waals surface area contributed by atoms with Crippen LogP contribution in [0.15, 0.2) is 97.1 Å². The van der Waals surface area contributed by atoms with Gasteiger partial charge in [-0.15, -0.1) is 0 Å². The number of aryl methyl sites for hydroxylation is 6. The van der Waals surface area contributed by atoms with Gasteiger partial charge >= 0.3 is 17.1 Å². The molecule has 0 unspecified atom stereocenters. The van der Waals surface area contributed by atoms with Crippen molar-refractivity contribution in [3.05, 3.63) is 142 Å². The van der Waals surface area contributed by atoms with Gasteiger partial charge in [0.1, 0.15) is 0 Å². The summed E-state index contributed by atoms with van der Waals surface area (Å²) >= 11 is 0. The fourth-order valence-electron chi connectivity index (χ4n) is 9.70. The molecule has 0 saturated carbocycles. The second kappa shape index (κ2) is 19.8. The minimum absolute atomic E-state index is 0. The van der Waals surface area contributed by atoms with Crippen LogP contribution in [0.5, 0.6) is 0 Å². The van der Waals surface area contributed by atoms with E-state index in [4.69, 9.17) is 0 Å². The first-order valence-corrected chi connectivity index (χ1v) is 25.5. The van der Waals surface area contributed by atoms with Gasteiger partial charge in [0.15, 0.2) is 0 Å². The molecule has 0 heterocycles. The zero-order valence-electron chi connectivity index (χ0n) is 39.5. The van der Waals surface area contributed by atoms with Crippen LogP contribution in [0, 0.1) is 41.5 Å². The molecule has 0 saturated heterocycles. The van der Waals surface area contributed by atoms with E-state index in [-0.39, 0.29) is 41.5 Å². The quantitative estimate of drug-likeness (QED) is 0.119. The Labute approximate surface area is 376 Å². The maximum Gasteiger partial charge on any atom is 0.403 e. The minimum Gasteiger partial charge on any atom is -0.412 e. The first-order valence-electron chi connectivity index (χ1n) is 21.7. The smallest absolute Gasteiger partial charge is 0.403 e. The van der Waals surface area contributed by atoms with Gasteiger partial charge in [-0.05, 0) is 141 Å².